The summed E-state index contributed by atoms with van der Waals surface area (Å²) in [6.45, 7) is 9.11. The number of nitrogens with zero attached hydrogens (tertiary/aromatic N) is 2. The van der Waals surface area contributed by atoms with Crippen LogP contribution in [0, 0.1) is 12.3 Å². The topological polar surface area (TPSA) is 51.0 Å². The molecular formula is C15H21N3O. The van der Waals surface area contributed by atoms with E-state index >= 15 is 0 Å². The van der Waals surface area contributed by atoms with Crippen LogP contribution in [0.5, 0.6) is 0 Å². The summed E-state index contributed by atoms with van der Waals surface area (Å²) in [5.41, 5.74) is 2.47. The number of benzene rings is 1. The minimum atomic E-state index is 0.172. The van der Waals surface area contributed by atoms with Crippen molar-refractivity contribution in [3.63, 3.8) is 0 Å². The van der Waals surface area contributed by atoms with Gasteiger partial charge in [-0.15, -0.1) is 0 Å². The second-order valence-electron chi connectivity index (χ2n) is 6.06. The highest BCUT2D eigenvalue weighted by atomic mass is 16.5. The number of anilines is 1. The van der Waals surface area contributed by atoms with E-state index in [1.807, 2.05) is 12.1 Å². The van der Waals surface area contributed by atoms with Gasteiger partial charge in [0.05, 0.1) is 6.54 Å². The molecule has 0 bridgehead atoms. The third-order valence-corrected chi connectivity index (χ3v) is 2.69. The van der Waals surface area contributed by atoms with Crippen LogP contribution in [0.25, 0.3) is 0 Å². The predicted octanol–water partition coefficient (Wildman–Crippen LogP) is 3.58. The number of rotatable bonds is 4. The van der Waals surface area contributed by atoms with E-state index in [1.54, 1.807) is 0 Å². The van der Waals surface area contributed by atoms with Crippen molar-refractivity contribution in [2.24, 2.45) is 5.41 Å². The van der Waals surface area contributed by atoms with Crippen LogP contribution in [0.3, 0.4) is 0 Å². The highest BCUT2D eigenvalue weighted by Gasteiger charge is 2.16. The molecular weight excluding hydrogens is 238 g/mol. The molecule has 1 aromatic carbocycles. The van der Waals surface area contributed by atoms with Crippen molar-refractivity contribution in [2.75, 3.05) is 5.32 Å². The van der Waals surface area contributed by atoms with Gasteiger partial charge < -0.3 is 9.84 Å². The summed E-state index contributed by atoms with van der Waals surface area (Å²) < 4.78 is 5.23. The van der Waals surface area contributed by atoms with E-state index in [0.717, 1.165) is 17.9 Å². The van der Waals surface area contributed by atoms with Gasteiger partial charge in [-0.3, -0.25) is 0 Å². The zero-order chi connectivity index (χ0) is 13.9. The largest absolute Gasteiger partial charge is 0.376 e. The maximum Gasteiger partial charge on any atom is 0.245 e. The van der Waals surface area contributed by atoms with E-state index in [4.69, 9.17) is 4.52 Å². The molecule has 0 radical (unpaired) electrons. The molecule has 2 aromatic rings. The van der Waals surface area contributed by atoms with Gasteiger partial charge in [0, 0.05) is 12.1 Å². The Morgan fingerprint density at radius 1 is 1.16 bits per heavy atom. The average molecular weight is 259 g/mol. The first-order valence-corrected chi connectivity index (χ1v) is 6.54. The van der Waals surface area contributed by atoms with Crippen molar-refractivity contribution in [3.8, 4) is 0 Å². The second-order valence-corrected chi connectivity index (χ2v) is 6.06. The quantitative estimate of drug-likeness (QED) is 0.911. The Morgan fingerprint density at radius 3 is 2.47 bits per heavy atom. The minimum absolute atomic E-state index is 0.172. The fourth-order valence-corrected chi connectivity index (χ4v) is 1.76. The maximum atomic E-state index is 5.23. The van der Waals surface area contributed by atoms with Crippen molar-refractivity contribution < 1.29 is 4.52 Å². The summed E-state index contributed by atoms with van der Waals surface area (Å²) >= 11 is 0. The van der Waals surface area contributed by atoms with Gasteiger partial charge in [0.2, 0.25) is 5.89 Å². The van der Waals surface area contributed by atoms with Crippen LogP contribution in [0.1, 0.15) is 38.0 Å². The van der Waals surface area contributed by atoms with Crippen molar-refractivity contribution in [3.05, 3.63) is 41.5 Å². The SMILES string of the molecule is Cc1ccc(NCc2nc(CC(C)(C)C)no2)cc1. The molecule has 0 aliphatic heterocycles. The first-order valence-electron chi connectivity index (χ1n) is 6.54. The summed E-state index contributed by atoms with van der Waals surface area (Å²) in [7, 11) is 0. The Labute approximate surface area is 114 Å². The molecule has 1 heterocycles. The fraction of sp³-hybridized carbons (Fsp3) is 0.467. The Balaban J connectivity index is 1.91. The van der Waals surface area contributed by atoms with E-state index in [2.05, 4.69) is 55.3 Å². The summed E-state index contributed by atoms with van der Waals surface area (Å²) in [6, 6.07) is 8.23. The van der Waals surface area contributed by atoms with Gasteiger partial charge in [-0.25, -0.2) is 0 Å². The summed E-state index contributed by atoms with van der Waals surface area (Å²) in [6.07, 6.45) is 0.820. The van der Waals surface area contributed by atoms with Gasteiger partial charge in [-0.1, -0.05) is 43.6 Å². The molecule has 0 fully saturated rings. The fourth-order valence-electron chi connectivity index (χ4n) is 1.76. The van der Waals surface area contributed by atoms with Gasteiger partial charge in [0.15, 0.2) is 5.82 Å². The average Bonchev–Trinajstić information content (AvgIpc) is 2.73. The summed E-state index contributed by atoms with van der Waals surface area (Å²) in [5.74, 6) is 1.40. The molecule has 0 atom stereocenters. The zero-order valence-corrected chi connectivity index (χ0v) is 12.0. The lowest BCUT2D eigenvalue weighted by Crippen LogP contribution is -2.10. The smallest absolute Gasteiger partial charge is 0.245 e. The molecule has 19 heavy (non-hydrogen) atoms. The van der Waals surface area contributed by atoms with E-state index in [1.165, 1.54) is 5.56 Å². The molecule has 102 valence electrons. The second kappa shape index (κ2) is 5.43. The van der Waals surface area contributed by atoms with E-state index in [0.29, 0.717) is 12.4 Å². The van der Waals surface area contributed by atoms with Gasteiger partial charge >= 0.3 is 0 Å². The first-order chi connectivity index (χ1) is 8.92. The zero-order valence-electron chi connectivity index (χ0n) is 12.0. The lowest BCUT2D eigenvalue weighted by atomic mass is 9.92. The molecule has 0 aliphatic rings. The normalized spacial score (nSPS) is 11.6. The Kier molecular flexibility index (Phi) is 3.88. The summed E-state index contributed by atoms with van der Waals surface area (Å²) in [4.78, 5) is 4.39. The highest BCUT2D eigenvalue weighted by Crippen LogP contribution is 2.18. The number of hydrogen-bond donors (Lipinski definition) is 1. The van der Waals surface area contributed by atoms with Crippen molar-refractivity contribution in [1.82, 2.24) is 10.1 Å². The van der Waals surface area contributed by atoms with E-state index in [-0.39, 0.29) is 5.41 Å². The number of aryl methyl sites for hydroxylation is 1. The third kappa shape index (κ3) is 4.39. The lowest BCUT2D eigenvalue weighted by molar-refractivity contribution is 0.357. The molecule has 0 unspecified atom stereocenters. The monoisotopic (exact) mass is 259 g/mol. The standard InChI is InChI=1S/C15H21N3O/c1-11-5-7-12(8-6-11)16-10-14-17-13(18-19-14)9-15(2,3)4/h5-8,16H,9-10H2,1-4H3. The molecule has 0 spiro atoms. The minimum Gasteiger partial charge on any atom is -0.376 e. The van der Waals surface area contributed by atoms with Crippen LogP contribution >= 0.6 is 0 Å². The van der Waals surface area contributed by atoms with Crippen LogP contribution in [0.2, 0.25) is 0 Å². The molecule has 4 nitrogen and oxygen atoms in total. The van der Waals surface area contributed by atoms with Gasteiger partial charge in [-0.2, -0.15) is 4.98 Å². The van der Waals surface area contributed by atoms with Gasteiger partial charge in [-0.05, 0) is 24.5 Å². The predicted molar refractivity (Wildman–Crippen MR) is 76.0 cm³/mol. The molecule has 0 aliphatic carbocycles. The number of hydrogen-bond acceptors (Lipinski definition) is 4. The van der Waals surface area contributed by atoms with Crippen LogP contribution in [0.4, 0.5) is 5.69 Å². The number of nitrogens with one attached hydrogen (secondary N) is 1. The van der Waals surface area contributed by atoms with Crippen LogP contribution in [-0.2, 0) is 13.0 Å². The molecule has 2 rings (SSSR count). The van der Waals surface area contributed by atoms with E-state index in [9.17, 15) is 0 Å². The first kappa shape index (κ1) is 13.6. The highest BCUT2D eigenvalue weighted by molar-refractivity contribution is 5.44. The molecule has 0 saturated heterocycles. The van der Waals surface area contributed by atoms with Crippen molar-refractivity contribution >= 4 is 5.69 Å². The Hall–Kier alpha value is -1.84. The molecule has 4 heteroatoms. The summed E-state index contributed by atoms with van der Waals surface area (Å²) in [5, 5.41) is 7.27. The Bertz CT molecular complexity index is 523. The van der Waals surface area contributed by atoms with Crippen LogP contribution in [0.15, 0.2) is 28.8 Å². The van der Waals surface area contributed by atoms with Crippen LogP contribution in [-0.4, -0.2) is 10.1 Å². The van der Waals surface area contributed by atoms with E-state index < -0.39 is 0 Å². The molecule has 1 N–H and O–H groups in total. The van der Waals surface area contributed by atoms with Gasteiger partial charge in [0.1, 0.15) is 0 Å². The van der Waals surface area contributed by atoms with Gasteiger partial charge in [0.25, 0.3) is 0 Å². The lowest BCUT2D eigenvalue weighted by Gasteiger charge is -2.14. The number of aromatic nitrogens is 2. The molecule has 0 amide bonds. The maximum absolute atomic E-state index is 5.23. The van der Waals surface area contributed by atoms with Crippen molar-refractivity contribution in [2.45, 2.75) is 40.7 Å². The third-order valence-electron chi connectivity index (χ3n) is 2.69. The molecule has 1 aromatic heterocycles. The van der Waals surface area contributed by atoms with Crippen molar-refractivity contribution in [1.29, 1.82) is 0 Å². The molecule has 0 saturated carbocycles. The Morgan fingerprint density at radius 2 is 1.84 bits per heavy atom. The van der Waals surface area contributed by atoms with Crippen LogP contribution < -0.4 is 5.32 Å².